The second-order valence-corrected chi connectivity index (χ2v) is 6.12. The molecule has 2 atom stereocenters. The molecule has 0 saturated carbocycles. The van der Waals surface area contributed by atoms with Gasteiger partial charge in [0.1, 0.15) is 6.10 Å². The lowest BCUT2D eigenvalue weighted by Crippen LogP contribution is -2.24. The van der Waals surface area contributed by atoms with Crippen molar-refractivity contribution in [3.05, 3.63) is 70.8 Å². The first kappa shape index (κ1) is 16.9. The lowest BCUT2D eigenvalue weighted by atomic mass is 9.98. The van der Waals surface area contributed by atoms with E-state index in [0.717, 1.165) is 5.56 Å². The second-order valence-electron chi connectivity index (χ2n) is 6.12. The van der Waals surface area contributed by atoms with Gasteiger partial charge in [0.15, 0.2) is 5.78 Å². The zero-order valence-corrected chi connectivity index (χ0v) is 14.0. The van der Waals surface area contributed by atoms with Crippen molar-refractivity contribution in [2.45, 2.75) is 32.5 Å². The fraction of sp³-hybridized carbons (Fsp3) is 0.250. The molecule has 0 unspecified atom stereocenters. The smallest absolute Gasteiger partial charge is 0.347 e. The molecule has 2 aromatic rings. The van der Waals surface area contributed by atoms with Crippen LogP contribution in [0.15, 0.2) is 48.5 Å². The molecule has 1 aliphatic rings. The molecule has 5 heteroatoms. The van der Waals surface area contributed by atoms with Crippen LogP contribution in [0.25, 0.3) is 0 Å². The highest BCUT2D eigenvalue weighted by Crippen LogP contribution is 2.21. The maximum absolute atomic E-state index is 12.7. The number of hydrogen-bond donors (Lipinski definition) is 0. The van der Waals surface area contributed by atoms with Crippen LogP contribution in [-0.2, 0) is 14.3 Å². The number of cyclic esters (lactones) is 1. The van der Waals surface area contributed by atoms with Crippen LogP contribution >= 0.6 is 0 Å². The second kappa shape index (κ2) is 6.89. The highest BCUT2D eigenvalue weighted by atomic mass is 16.6. The number of benzene rings is 2. The Bertz CT molecular complexity index is 822. The molecule has 0 N–H and O–H groups in total. The third-order valence-electron chi connectivity index (χ3n) is 4.08. The summed E-state index contributed by atoms with van der Waals surface area (Å²) in [7, 11) is 0. The van der Waals surface area contributed by atoms with Gasteiger partial charge in [0.25, 0.3) is 0 Å². The summed E-state index contributed by atoms with van der Waals surface area (Å²) in [5.74, 6) is -1.52. The van der Waals surface area contributed by atoms with E-state index in [1.807, 2.05) is 19.1 Å². The molecule has 0 radical (unpaired) electrons. The number of aryl methyl sites for hydroxylation is 1. The average Bonchev–Trinajstić information content (AvgIpc) is 2.92. The van der Waals surface area contributed by atoms with E-state index in [2.05, 4.69) is 0 Å². The van der Waals surface area contributed by atoms with Gasteiger partial charge < -0.3 is 9.47 Å². The quantitative estimate of drug-likeness (QED) is 0.633. The minimum absolute atomic E-state index is 0.139. The van der Waals surface area contributed by atoms with E-state index in [-0.39, 0.29) is 23.0 Å². The molecular formula is C20H18O5. The van der Waals surface area contributed by atoms with E-state index in [0.29, 0.717) is 12.0 Å². The average molecular weight is 338 g/mol. The summed E-state index contributed by atoms with van der Waals surface area (Å²) >= 11 is 0. The molecule has 0 aromatic heterocycles. The van der Waals surface area contributed by atoms with Gasteiger partial charge >= 0.3 is 11.9 Å². The number of esters is 2. The van der Waals surface area contributed by atoms with Gasteiger partial charge in [0.05, 0.1) is 5.56 Å². The van der Waals surface area contributed by atoms with Crippen LogP contribution in [0.4, 0.5) is 0 Å². The fourth-order valence-electron chi connectivity index (χ4n) is 2.73. The molecule has 5 nitrogen and oxygen atoms in total. The topological polar surface area (TPSA) is 69.7 Å². The van der Waals surface area contributed by atoms with Crippen molar-refractivity contribution >= 4 is 17.7 Å². The molecule has 25 heavy (non-hydrogen) atoms. The number of rotatable bonds is 4. The summed E-state index contributed by atoms with van der Waals surface area (Å²) in [5.41, 5.74) is 1.91. The minimum atomic E-state index is -0.926. The van der Waals surface area contributed by atoms with Crippen molar-refractivity contribution in [1.29, 1.82) is 0 Å². The van der Waals surface area contributed by atoms with Gasteiger partial charge in [0.2, 0.25) is 6.10 Å². The Labute approximate surface area is 145 Å². The summed E-state index contributed by atoms with van der Waals surface area (Å²) < 4.78 is 10.2. The standard InChI is InChI=1S/C20H18O5/c1-12-7-9-14(10-8-12)18(21)15-5-3-4-6-16(15)19(22)25-17-11-13(2)24-20(17)23/h3-10,13,17H,11H2,1-2H3/t13-,17-/m0/s1. The highest BCUT2D eigenvalue weighted by Gasteiger charge is 2.35. The lowest BCUT2D eigenvalue weighted by molar-refractivity contribution is -0.147. The normalized spacial score (nSPS) is 19.4. The van der Waals surface area contributed by atoms with E-state index >= 15 is 0 Å². The number of carbonyl (C=O) groups is 3. The Balaban J connectivity index is 1.85. The van der Waals surface area contributed by atoms with E-state index in [9.17, 15) is 14.4 Å². The number of ether oxygens (including phenoxy) is 2. The molecule has 3 rings (SSSR count). The maximum atomic E-state index is 12.7. The fourth-order valence-corrected chi connectivity index (χ4v) is 2.73. The Morgan fingerprint density at radius 2 is 1.68 bits per heavy atom. The zero-order chi connectivity index (χ0) is 18.0. The largest absolute Gasteiger partial charge is 0.460 e. The van der Waals surface area contributed by atoms with Crippen LogP contribution < -0.4 is 0 Å². The lowest BCUT2D eigenvalue weighted by Gasteiger charge is -2.11. The minimum Gasteiger partial charge on any atom is -0.460 e. The number of ketones is 1. The van der Waals surface area contributed by atoms with Crippen LogP contribution in [0.5, 0.6) is 0 Å². The summed E-state index contributed by atoms with van der Waals surface area (Å²) in [5, 5.41) is 0. The molecular weight excluding hydrogens is 320 g/mol. The van der Waals surface area contributed by atoms with E-state index in [4.69, 9.17) is 9.47 Å². The Morgan fingerprint density at radius 3 is 2.28 bits per heavy atom. The molecule has 0 aliphatic carbocycles. The van der Waals surface area contributed by atoms with Crippen molar-refractivity contribution in [1.82, 2.24) is 0 Å². The molecule has 0 spiro atoms. The van der Waals surface area contributed by atoms with Crippen LogP contribution in [0.1, 0.15) is 45.2 Å². The highest BCUT2D eigenvalue weighted by molar-refractivity contribution is 6.14. The first-order valence-corrected chi connectivity index (χ1v) is 8.07. The first-order valence-electron chi connectivity index (χ1n) is 8.07. The summed E-state index contributed by atoms with van der Waals surface area (Å²) in [6.45, 7) is 3.67. The van der Waals surface area contributed by atoms with Crippen LogP contribution in [-0.4, -0.2) is 29.9 Å². The molecule has 128 valence electrons. The van der Waals surface area contributed by atoms with Gasteiger partial charge in [-0.15, -0.1) is 0 Å². The zero-order valence-electron chi connectivity index (χ0n) is 14.0. The SMILES string of the molecule is Cc1ccc(C(=O)c2ccccc2C(=O)O[C@H]2C[C@H](C)OC2=O)cc1. The molecule has 1 aliphatic heterocycles. The van der Waals surface area contributed by atoms with Crippen molar-refractivity contribution < 1.29 is 23.9 Å². The number of hydrogen-bond acceptors (Lipinski definition) is 5. The maximum Gasteiger partial charge on any atom is 0.347 e. The van der Waals surface area contributed by atoms with Crippen LogP contribution in [0.3, 0.4) is 0 Å². The monoisotopic (exact) mass is 338 g/mol. The van der Waals surface area contributed by atoms with Gasteiger partial charge in [-0.2, -0.15) is 0 Å². The molecule has 0 bridgehead atoms. The van der Waals surface area contributed by atoms with Crippen molar-refractivity contribution in [3.8, 4) is 0 Å². The van der Waals surface area contributed by atoms with Gasteiger partial charge in [0, 0.05) is 17.5 Å². The van der Waals surface area contributed by atoms with Gasteiger partial charge in [-0.05, 0) is 19.9 Å². The number of carbonyl (C=O) groups excluding carboxylic acids is 3. The van der Waals surface area contributed by atoms with Gasteiger partial charge in [-0.1, -0.05) is 48.0 Å². The van der Waals surface area contributed by atoms with Crippen molar-refractivity contribution in [2.24, 2.45) is 0 Å². The van der Waals surface area contributed by atoms with E-state index in [1.165, 1.54) is 6.07 Å². The third-order valence-corrected chi connectivity index (χ3v) is 4.08. The predicted octanol–water partition coefficient (Wildman–Crippen LogP) is 3.09. The third kappa shape index (κ3) is 3.60. The first-order chi connectivity index (χ1) is 12.0. The molecule has 0 amide bonds. The summed E-state index contributed by atoms with van der Waals surface area (Å²) in [6.07, 6.45) is -0.890. The Morgan fingerprint density at radius 1 is 1.04 bits per heavy atom. The van der Waals surface area contributed by atoms with E-state index in [1.54, 1.807) is 37.3 Å². The summed E-state index contributed by atoms with van der Waals surface area (Å²) in [6, 6.07) is 13.5. The van der Waals surface area contributed by atoms with Crippen molar-refractivity contribution in [2.75, 3.05) is 0 Å². The van der Waals surface area contributed by atoms with Crippen LogP contribution in [0.2, 0.25) is 0 Å². The van der Waals surface area contributed by atoms with Gasteiger partial charge in [-0.25, -0.2) is 9.59 Å². The summed E-state index contributed by atoms with van der Waals surface area (Å²) in [4.78, 5) is 36.9. The van der Waals surface area contributed by atoms with Gasteiger partial charge in [-0.3, -0.25) is 4.79 Å². The molecule has 1 heterocycles. The van der Waals surface area contributed by atoms with Crippen LogP contribution in [0, 0.1) is 6.92 Å². The predicted molar refractivity (Wildman–Crippen MR) is 90.4 cm³/mol. The molecule has 1 saturated heterocycles. The Hall–Kier alpha value is -2.95. The van der Waals surface area contributed by atoms with E-state index < -0.39 is 18.0 Å². The molecule has 2 aromatic carbocycles. The molecule has 1 fully saturated rings. The Kier molecular flexibility index (Phi) is 4.65. The van der Waals surface area contributed by atoms with Crippen molar-refractivity contribution in [3.63, 3.8) is 0 Å².